The standard InChI is InChI=1S/C24H29F3N4O/c1-24(5-2-6-32-14-24)13-31-11-15-7-18(8-16(15)12-31)28-22-4-3-21(29-30-22)19-9-17(25)10-20(26)23(19)27/h3-4,9-10,15-16,18H,2,5-8,11-14H2,1H3,(H,28,30)/t15-,16+,18?,24?. The van der Waals surface area contributed by atoms with Crippen LogP contribution in [0.4, 0.5) is 19.0 Å². The summed E-state index contributed by atoms with van der Waals surface area (Å²) in [5.74, 6) is -1.25. The van der Waals surface area contributed by atoms with Gasteiger partial charge in [0, 0.05) is 49.3 Å². The summed E-state index contributed by atoms with van der Waals surface area (Å²) in [6.45, 7) is 7.48. The highest BCUT2D eigenvalue weighted by atomic mass is 19.2. The monoisotopic (exact) mass is 446 g/mol. The van der Waals surface area contributed by atoms with Crippen LogP contribution in [0.25, 0.3) is 11.3 Å². The van der Waals surface area contributed by atoms with E-state index in [1.807, 2.05) is 0 Å². The SMILES string of the molecule is CC1(CN2C[C@H]3CC(Nc4ccc(-c5cc(F)cc(F)c5F)nn4)C[C@H]3C2)CCCOC1. The predicted octanol–water partition coefficient (Wildman–Crippen LogP) is 4.50. The van der Waals surface area contributed by atoms with Crippen LogP contribution < -0.4 is 5.32 Å². The number of benzene rings is 1. The van der Waals surface area contributed by atoms with Crippen LogP contribution in [-0.2, 0) is 4.74 Å². The first-order chi connectivity index (χ1) is 15.4. The zero-order chi connectivity index (χ0) is 22.3. The number of rotatable bonds is 5. The summed E-state index contributed by atoms with van der Waals surface area (Å²) in [5.41, 5.74) is 0.148. The summed E-state index contributed by atoms with van der Waals surface area (Å²) >= 11 is 0. The Morgan fingerprint density at radius 3 is 2.56 bits per heavy atom. The summed E-state index contributed by atoms with van der Waals surface area (Å²) in [6, 6.07) is 5.00. The maximum Gasteiger partial charge on any atom is 0.168 e. The summed E-state index contributed by atoms with van der Waals surface area (Å²) in [6.07, 6.45) is 4.57. The molecule has 0 bridgehead atoms. The van der Waals surface area contributed by atoms with Gasteiger partial charge in [0.2, 0.25) is 0 Å². The minimum Gasteiger partial charge on any atom is -0.381 e. The highest BCUT2D eigenvalue weighted by Gasteiger charge is 2.42. The van der Waals surface area contributed by atoms with Crippen LogP contribution in [0.5, 0.6) is 0 Å². The van der Waals surface area contributed by atoms with Crippen LogP contribution in [-0.4, -0.2) is 54.0 Å². The Morgan fingerprint density at radius 2 is 1.91 bits per heavy atom. The first-order valence-corrected chi connectivity index (χ1v) is 11.4. The molecular formula is C24H29F3N4O. The van der Waals surface area contributed by atoms with Gasteiger partial charge in [-0.2, -0.15) is 0 Å². The van der Waals surface area contributed by atoms with E-state index in [0.717, 1.165) is 58.2 Å². The van der Waals surface area contributed by atoms with Gasteiger partial charge in [-0.15, -0.1) is 10.2 Å². The fraction of sp³-hybridized carbons (Fsp3) is 0.583. The van der Waals surface area contributed by atoms with Crippen molar-refractivity contribution in [1.29, 1.82) is 0 Å². The highest BCUT2D eigenvalue weighted by molar-refractivity contribution is 5.60. The van der Waals surface area contributed by atoms with Crippen LogP contribution in [0.1, 0.15) is 32.6 Å². The lowest BCUT2D eigenvalue weighted by molar-refractivity contribution is -0.0142. The summed E-state index contributed by atoms with van der Waals surface area (Å²) in [7, 11) is 0. The third-order valence-corrected chi connectivity index (χ3v) is 7.24. The Hall–Kier alpha value is -2.19. The summed E-state index contributed by atoms with van der Waals surface area (Å²) < 4.78 is 46.7. The molecule has 0 spiro atoms. The zero-order valence-electron chi connectivity index (χ0n) is 18.3. The lowest BCUT2D eigenvalue weighted by Crippen LogP contribution is -2.41. The molecule has 3 aliphatic rings. The molecule has 3 heterocycles. The first kappa shape index (κ1) is 21.6. The van der Waals surface area contributed by atoms with Crippen molar-refractivity contribution in [2.24, 2.45) is 17.3 Å². The molecule has 2 aromatic rings. The predicted molar refractivity (Wildman–Crippen MR) is 116 cm³/mol. The molecule has 1 N–H and O–H groups in total. The molecule has 3 fully saturated rings. The second-order valence-electron chi connectivity index (χ2n) is 10.0. The smallest absolute Gasteiger partial charge is 0.168 e. The molecule has 1 aromatic heterocycles. The van der Waals surface area contributed by atoms with Gasteiger partial charge in [-0.1, -0.05) is 6.92 Å². The third kappa shape index (κ3) is 4.48. The Morgan fingerprint density at radius 1 is 1.12 bits per heavy atom. The molecule has 8 heteroatoms. The minimum absolute atomic E-state index is 0.102. The van der Waals surface area contributed by atoms with Crippen molar-refractivity contribution in [3.05, 3.63) is 41.7 Å². The van der Waals surface area contributed by atoms with E-state index in [1.54, 1.807) is 6.07 Å². The Balaban J connectivity index is 1.16. The Kier molecular flexibility index (Phi) is 5.84. The van der Waals surface area contributed by atoms with Gasteiger partial charge in [0.05, 0.1) is 12.3 Å². The maximum absolute atomic E-state index is 14.0. The van der Waals surface area contributed by atoms with Crippen LogP contribution in [0, 0.1) is 34.7 Å². The average molecular weight is 447 g/mol. The van der Waals surface area contributed by atoms with E-state index in [1.165, 1.54) is 12.5 Å². The molecule has 4 atom stereocenters. The van der Waals surface area contributed by atoms with E-state index in [4.69, 9.17) is 4.74 Å². The van der Waals surface area contributed by atoms with Gasteiger partial charge >= 0.3 is 0 Å². The molecule has 32 heavy (non-hydrogen) atoms. The lowest BCUT2D eigenvalue weighted by atomic mass is 9.84. The number of fused-ring (bicyclic) bond motifs is 1. The number of hydrogen-bond donors (Lipinski definition) is 1. The number of nitrogens with one attached hydrogen (secondary N) is 1. The van der Waals surface area contributed by atoms with E-state index < -0.39 is 17.5 Å². The van der Waals surface area contributed by atoms with Gasteiger partial charge in [-0.25, -0.2) is 13.2 Å². The fourth-order valence-corrected chi connectivity index (χ4v) is 5.80. The number of ether oxygens (including phenoxy) is 1. The van der Waals surface area contributed by atoms with Gasteiger partial charge in [-0.3, -0.25) is 0 Å². The largest absolute Gasteiger partial charge is 0.381 e. The lowest BCUT2D eigenvalue weighted by Gasteiger charge is -2.37. The molecule has 2 unspecified atom stereocenters. The summed E-state index contributed by atoms with van der Waals surface area (Å²) in [5, 5.41) is 11.5. The number of aromatic nitrogens is 2. The average Bonchev–Trinajstić information content (AvgIpc) is 3.29. The van der Waals surface area contributed by atoms with E-state index >= 15 is 0 Å². The molecule has 2 aliphatic heterocycles. The normalized spacial score (nSPS) is 30.4. The number of nitrogens with zero attached hydrogens (tertiary/aromatic N) is 3. The minimum atomic E-state index is -1.24. The van der Waals surface area contributed by atoms with Crippen LogP contribution in [0.3, 0.4) is 0 Å². The molecular weight excluding hydrogens is 417 g/mol. The van der Waals surface area contributed by atoms with Crippen molar-refractivity contribution in [3.63, 3.8) is 0 Å². The van der Waals surface area contributed by atoms with Crippen molar-refractivity contribution in [3.8, 4) is 11.3 Å². The highest BCUT2D eigenvalue weighted by Crippen LogP contribution is 2.41. The Bertz CT molecular complexity index is 950. The van der Waals surface area contributed by atoms with Gasteiger partial charge in [0.1, 0.15) is 11.6 Å². The third-order valence-electron chi connectivity index (χ3n) is 7.24. The van der Waals surface area contributed by atoms with Crippen molar-refractivity contribution in [1.82, 2.24) is 15.1 Å². The second kappa shape index (κ2) is 8.63. The number of anilines is 1. The fourth-order valence-electron chi connectivity index (χ4n) is 5.80. The van der Waals surface area contributed by atoms with Gasteiger partial charge in [0.25, 0.3) is 0 Å². The number of halogens is 3. The molecule has 5 rings (SSSR count). The van der Waals surface area contributed by atoms with Gasteiger partial charge in [0.15, 0.2) is 11.6 Å². The van der Waals surface area contributed by atoms with Crippen molar-refractivity contribution in [2.75, 3.05) is 38.2 Å². The molecule has 0 radical (unpaired) electrons. The molecule has 2 saturated heterocycles. The molecule has 1 saturated carbocycles. The quantitative estimate of drug-likeness (QED) is 0.686. The summed E-state index contributed by atoms with van der Waals surface area (Å²) in [4.78, 5) is 2.61. The topological polar surface area (TPSA) is 50.3 Å². The maximum atomic E-state index is 14.0. The number of likely N-dealkylation sites (tertiary alicyclic amines) is 1. The van der Waals surface area contributed by atoms with E-state index in [0.29, 0.717) is 29.8 Å². The van der Waals surface area contributed by atoms with Crippen LogP contribution in [0.2, 0.25) is 0 Å². The van der Waals surface area contributed by atoms with E-state index in [9.17, 15) is 13.2 Å². The van der Waals surface area contributed by atoms with Gasteiger partial charge < -0.3 is 15.0 Å². The molecule has 172 valence electrons. The van der Waals surface area contributed by atoms with Crippen LogP contribution >= 0.6 is 0 Å². The van der Waals surface area contributed by atoms with E-state index in [-0.39, 0.29) is 16.7 Å². The van der Waals surface area contributed by atoms with Crippen molar-refractivity contribution in [2.45, 2.75) is 38.6 Å². The number of hydrogen-bond acceptors (Lipinski definition) is 5. The van der Waals surface area contributed by atoms with Crippen LogP contribution in [0.15, 0.2) is 24.3 Å². The zero-order valence-corrected chi connectivity index (χ0v) is 18.3. The molecule has 0 amide bonds. The Labute approximate surface area is 186 Å². The second-order valence-corrected chi connectivity index (χ2v) is 10.0. The first-order valence-electron chi connectivity index (χ1n) is 11.4. The van der Waals surface area contributed by atoms with Gasteiger partial charge in [-0.05, 0) is 55.7 Å². The molecule has 1 aliphatic carbocycles. The molecule has 5 nitrogen and oxygen atoms in total. The molecule has 1 aromatic carbocycles. The van der Waals surface area contributed by atoms with E-state index in [2.05, 4.69) is 27.3 Å². The van der Waals surface area contributed by atoms with Crippen molar-refractivity contribution < 1.29 is 17.9 Å². The van der Waals surface area contributed by atoms with Crippen molar-refractivity contribution >= 4 is 5.82 Å².